The average molecular weight is 464 g/mol. The van der Waals surface area contributed by atoms with Crippen LogP contribution in [0.5, 0.6) is 11.5 Å². The number of nitrogens with one attached hydrogen (secondary N) is 1. The highest BCUT2D eigenvalue weighted by Gasteiger charge is 2.25. The molecule has 0 spiro atoms. The number of carbonyl (C=O) groups is 1. The quantitative estimate of drug-likeness (QED) is 0.510. The van der Waals surface area contributed by atoms with Gasteiger partial charge in [-0.15, -0.1) is 0 Å². The molecule has 2 heterocycles. The van der Waals surface area contributed by atoms with Crippen LogP contribution in [0.25, 0.3) is 11.3 Å². The fourth-order valence-corrected chi connectivity index (χ4v) is 4.44. The van der Waals surface area contributed by atoms with E-state index >= 15 is 0 Å². The Bertz CT molecular complexity index is 1130. The molecule has 2 aromatic carbocycles. The van der Waals surface area contributed by atoms with Gasteiger partial charge in [-0.2, -0.15) is 0 Å². The second-order valence-electron chi connectivity index (χ2n) is 8.81. The second-order valence-corrected chi connectivity index (χ2v) is 8.81. The number of nitrogens with zero attached hydrogens (tertiary/aromatic N) is 2. The molecule has 0 aliphatic carbocycles. The summed E-state index contributed by atoms with van der Waals surface area (Å²) in [5.74, 6) is 1.71. The smallest absolute Gasteiger partial charge is 0.273 e. The highest BCUT2D eigenvalue weighted by Crippen LogP contribution is 2.33. The van der Waals surface area contributed by atoms with Crippen molar-refractivity contribution in [2.24, 2.45) is 0 Å². The van der Waals surface area contributed by atoms with Crippen molar-refractivity contribution in [2.45, 2.75) is 39.2 Å². The zero-order valence-electron chi connectivity index (χ0n) is 20.4. The summed E-state index contributed by atoms with van der Waals surface area (Å²) < 4.78 is 16.4. The Labute approximate surface area is 201 Å². The van der Waals surface area contributed by atoms with E-state index in [1.807, 2.05) is 36.4 Å². The van der Waals surface area contributed by atoms with Gasteiger partial charge in [0.15, 0.2) is 23.0 Å². The van der Waals surface area contributed by atoms with E-state index in [0.717, 1.165) is 37.1 Å². The summed E-state index contributed by atoms with van der Waals surface area (Å²) >= 11 is 0. The van der Waals surface area contributed by atoms with Crippen LogP contribution in [0.1, 0.15) is 52.5 Å². The zero-order valence-corrected chi connectivity index (χ0v) is 20.4. The lowest BCUT2D eigenvalue weighted by molar-refractivity contribution is 0.0915. The highest BCUT2D eigenvalue weighted by atomic mass is 16.5. The van der Waals surface area contributed by atoms with E-state index in [1.165, 1.54) is 17.5 Å². The number of likely N-dealkylation sites (tertiary alicyclic amines) is 1. The minimum absolute atomic E-state index is 0.0233. The first kappa shape index (κ1) is 23.8. The minimum Gasteiger partial charge on any atom is -0.493 e. The Kier molecular flexibility index (Phi) is 7.53. The van der Waals surface area contributed by atoms with Crippen LogP contribution in [0, 0.1) is 13.8 Å². The third-order valence-electron chi connectivity index (χ3n) is 6.61. The van der Waals surface area contributed by atoms with Gasteiger partial charge < -0.3 is 19.3 Å². The molecule has 0 radical (unpaired) electrons. The summed E-state index contributed by atoms with van der Waals surface area (Å²) in [6, 6.07) is 13.7. The number of methoxy groups -OCH3 is 2. The molecule has 0 bridgehead atoms. The van der Waals surface area contributed by atoms with Crippen molar-refractivity contribution < 1.29 is 18.8 Å². The van der Waals surface area contributed by atoms with Gasteiger partial charge in [-0.1, -0.05) is 29.8 Å². The summed E-state index contributed by atoms with van der Waals surface area (Å²) in [5, 5.41) is 7.09. The normalized spacial score (nSPS) is 15.1. The minimum atomic E-state index is -0.249. The van der Waals surface area contributed by atoms with Crippen molar-refractivity contribution in [2.75, 3.05) is 33.9 Å². The maximum Gasteiger partial charge on any atom is 0.273 e. The van der Waals surface area contributed by atoms with E-state index in [0.29, 0.717) is 23.8 Å². The largest absolute Gasteiger partial charge is 0.493 e. The lowest BCUT2D eigenvalue weighted by Crippen LogP contribution is -2.40. The molecule has 3 aromatic rings. The summed E-state index contributed by atoms with van der Waals surface area (Å²) in [5.41, 5.74) is 4.64. The molecule has 4 rings (SSSR count). The molecule has 1 saturated heterocycles. The van der Waals surface area contributed by atoms with Gasteiger partial charge >= 0.3 is 0 Å². The van der Waals surface area contributed by atoms with Crippen LogP contribution in [0.4, 0.5) is 0 Å². The van der Waals surface area contributed by atoms with Gasteiger partial charge in [0.25, 0.3) is 5.91 Å². The van der Waals surface area contributed by atoms with Gasteiger partial charge in [0, 0.05) is 18.2 Å². The lowest BCUT2D eigenvalue weighted by atomic mass is 10.0. The second kappa shape index (κ2) is 10.7. The van der Waals surface area contributed by atoms with Gasteiger partial charge in [0.2, 0.25) is 0 Å². The number of ether oxygens (including phenoxy) is 2. The van der Waals surface area contributed by atoms with Crippen LogP contribution in [0.2, 0.25) is 0 Å². The predicted octanol–water partition coefficient (Wildman–Crippen LogP) is 4.93. The number of piperidine rings is 1. The SMILES string of the molecule is COc1ccc(C(CNC(=O)c2cc(-c3ccc(C)c(C)c3)on2)N2CCCCC2)cc1OC. The van der Waals surface area contributed by atoms with E-state index in [9.17, 15) is 4.79 Å². The molecular formula is C27H33N3O4. The Balaban J connectivity index is 1.51. The van der Waals surface area contributed by atoms with Gasteiger partial charge in [0.05, 0.1) is 20.3 Å². The summed E-state index contributed by atoms with van der Waals surface area (Å²) in [4.78, 5) is 15.4. The van der Waals surface area contributed by atoms with Gasteiger partial charge in [0.1, 0.15) is 0 Å². The first-order valence-corrected chi connectivity index (χ1v) is 11.8. The number of carbonyl (C=O) groups excluding carboxylic acids is 1. The molecule has 1 amide bonds. The molecule has 0 saturated carbocycles. The van der Waals surface area contributed by atoms with Crippen molar-refractivity contribution in [1.29, 1.82) is 0 Å². The molecule has 1 unspecified atom stereocenters. The van der Waals surface area contributed by atoms with Gasteiger partial charge in [-0.25, -0.2) is 0 Å². The molecule has 180 valence electrons. The number of hydrogen-bond acceptors (Lipinski definition) is 6. The van der Waals surface area contributed by atoms with E-state index < -0.39 is 0 Å². The van der Waals surface area contributed by atoms with Crippen molar-refractivity contribution in [1.82, 2.24) is 15.4 Å². The molecule has 1 aromatic heterocycles. The Hall–Kier alpha value is -3.32. The molecule has 7 nitrogen and oxygen atoms in total. The fraction of sp³-hybridized carbons (Fsp3) is 0.407. The van der Waals surface area contributed by atoms with Gasteiger partial charge in [-0.3, -0.25) is 9.69 Å². The Morgan fingerprint density at radius 1 is 1.00 bits per heavy atom. The number of amides is 1. The van der Waals surface area contributed by atoms with Crippen LogP contribution >= 0.6 is 0 Å². The topological polar surface area (TPSA) is 76.8 Å². The van der Waals surface area contributed by atoms with Crippen molar-refractivity contribution >= 4 is 5.91 Å². The summed E-state index contributed by atoms with van der Waals surface area (Å²) in [6.07, 6.45) is 3.54. The average Bonchev–Trinajstić information content (AvgIpc) is 3.37. The van der Waals surface area contributed by atoms with Crippen LogP contribution < -0.4 is 14.8 Å². The van der Waals surface area contributed by atoms with Crippen molar-refractivity contribution in [3.63, 3.8) is 0 Å². The van der Waals surface area contributed by atoms with E-state index in [-0.39, 0.29) is 17.6 Å². The number of hydrogen-bond donors (Lipinski definition) is 1. The Morgan fingerprint density at radius 2 is 1.76 bits per heavy atom. The van der Waals surface area contributed by atoms with Crippen LogP contribution in [0.3, 0.4) is 0 Å². The predicted molar refractivity (Wildman–Crippen MR) is 131 cm³/mol. The third kappa shape index (κ3) is 5.25. The fourth-order valence-electron chi connectivity index (χ4n) is 4.44. The standard InChI is InChI=1S/C27H33N3O4/c1-18-8-9-21(14-19(18)2)25-16-22(29-34-25)27(31)28-17-23(30-12-6-5-7-13-30)20-10-11-24(32-3)26(15-20)33-4/h8-11,14-16,23H,5-7,12-13,17H2,1-4H3,(H,28,31). The van der Waals surface area contributed by atoms with E-state index in [2.05, 4.69) is 29.2 Å². The molecule has 7 heteroatoms. The zero-order chi connectivity index (χ0) is 24.1. The third-order valence-corrected chi connectivity index (χ3v) is 6.61. The number of aromatic nitrogens is 1. The van der Waals surface area contributed by atoms with Crippen molar-refractivity contribution in [3.8, 4) is 22.8 Å². The first-order chi connectivity index (χ1) is 16.5. The number of aryl methyl sites for hydroxylation is 2. The maximum atomic E-state index is 13.0. The lowest BCUT2D eigenvalue weighted by Gasteiger charge is -2.35. The molecule has 34 heavy (non-hydrogen) atoms. The Morgan fingerprint density at radius 3 is 2.47 bits per heavy atom. The number of benzene rings is 2. The molecule has 1 atom stereocenters. The first-order valence-electron chi connectivity index (χ1n) is 11.8. The number of rotatable bonds is 8. The van der Waals surface area contributed by atoms with Crippen molar-refractivity contribution in [3.05, 3.63) is 64.8 Å². The molecule has 1 N–H and O–H groups in total. The van der Waals surface area contributed by atoms with Crippen LogP contribution in [-0.4, -0.2) is 49.8 Å². The van der Waals surface area contributed by atoms with E-state index in [1.54, 1.807) is 20.3 Å². The van der Waals surface area contributed by atoms with E-state index in [4.69, 9.17) is 14.0 Å². The monoisotopic (exact) mass is 463 g/mol. The summed E-state index contributed by atoms with van der Waals surface area (Å²) in [7, 11) is 3.26. The molecular weight excluding hydrogens is 430 g/mol. The van der Waals surface area contributed by atoms with Crippen LogP contribution in [-0.2, 0) is 0 Å². The van der Waals surface area contributed by atoms with Gasteiger partial charge in [-0.05, 0) is 74.7 Å². The molecule has 1 aliphatic rings. The summed E-state index contributed by atoms with van der Waals surface area (Å²) in [6.45, 7) is 6.57. The highest BCUT2D eigenvalue weighted by molar-refractivity contribution is 5.93. The van der Waals surface area contributed by atoms with Crippen LogP contribution in [0.15, 0.2) is 47.0 Å². The molecule has 1 aliphatic heterocycles. The molecule has 1 fully saturated rings. The maximum absolute atomic E-state index is 13.0.